The molecule has 0 saturated carbocycles. The molecule has 0 saturated heterocycles. The number of methoxy groups -OCH3 is 2. The molecule has 6 nitrogen and oxygen atoms in total. The van der Waals surface area contributed by atoms with E-state index < -0.39 is 5.41 Å². The Bertz CT molecular complexity index is 1650. The number of nitrogens with zero attached hydrogens (tertiary/aromatic N) is 2. The Labute approximate surface area is 279 Å². The lowest BCUT2D eigenvalue weighted by atomic mass is 9.84. The number of aryl methyl sites for hydroxylation is 4. The summed E-state index contributed by atoms with van der Waals surface area (Å²) in [6.45, 7) is 13.7. The summed E-state index contributed by atoms with van der Waals surface area (Å²) in [4.78, 5) is 10.6. The van der Waals surface area contributed by atoms with E-state index in [0.29, 0.717) is 25.0 Å². The van der Waals surface area contributed by atoms with Gasteiger partial charge in [0, 0.05) is 11.8 Å². The smallest absolute Gasteiger partial charge is 0.199 e. The molecule has 244 valence electrons. The van der Waals surface area contributed by atoms with E-state index in [-0.39, 0.29) is 23.9 Å². The summed E-state index contributed by atoms with van der Waals surface area (Å²) >= 11 is 0. The van der Waals surface area contributed by atoms with E-state index in [2.05, 4.69) is 102 Å². The Morgan fingerprint density at radius 2 is 0.957 bits per heavy atom. The monoisotopic (exact) mass is 630 g/mol. The van der Waals surface area contributed by atoms with Crippen molar-refractivity contribution in [2.75, 3.05) is 27.4 Å². The van der Waals surface area contributed by atoms with Crippen molar-refractivity contribution in [3.8, 4) is 11.5 Å². The van der Waals surface area contributed by atoms with Gasteiger partial charge in [-0.3, -0.25) is 0 Å². The first-order valence-electron chi connectivity index (χ1n) is 16.4. The predicted octanol–water partition coefficient (Wildman–Crippen LogP) is 8.52. The zero-order chi connectivity index (χ0) is 33.3. The van der Waals surface area contributed by atoms with E-state index in [9.17, 15) is 0 Å². The topological polar surface area (TPSA) is 61.6 Å². The molecule has 0 fully saturated rings. The fourth-order valence-corrected chi connectivity index (χ4v) is 7.22. The summed E-state index contributed by atoms with van der Waals surface area (Å²) in [5, 5.41) is 0. The van der Waals surface area contributed by atoms with Crippen LogP contribution in [0.4, 0.5) is 0 Å². The molecule has 47 heavy (non-hydrogen) atoms. The normalized spacial score (nSPS) is 18.9. The minimum absolute atomic E-state index is 0.00168. The zero-order valence-corrected chi connectivity index (χ0v) is 28.8. The second kappa shape index (κ2) is 13.3. The highest BCUT2D eigenvalue weighted by molar-refractivity contribution is 6.05. The van der Waals surface area contributed by atoms with Gasteiger partial charge in [0.25, 0.3) is 0 Å². The van der Waals surface area contributed by atoms with Gasteiger partial charge >= 0.3 is 0 Å². The van der Waals surface area contributed by atoms with Crippen LogP contribution in [0.5, 0.6) is 11.5 Å². The summed E-state index contributed by atoms with van der Waals surface area (Å²) in [5.41, 5.74) is 9.00. The zero-order valence-electron chi connectivity index (χ0n) is 28.8. The first-order valence-corrected chi connectivity index (χ1v) is 16.4. The largest absolute Gasteiger partial charge is 0.497 e. The van der Waals surface area contributed by atoms with Gasteiger partial charge in [0.1, 0.15) is 30.1 Å². The van der Waals surface area contributed by atoms with Gasteiger partial charge in [-0.05, 0) is 88.1 Å². The van der Waals surface area contributed by atoms with Crippen LogP contribution >= 0.6 is 0 Å². The van der Waals surface area contributed by atoms with Crippen molar-refractivity contribution in [1.82, 2.24) is 0 Å². The van der Waals surface area contributed by atoms with Gasteiger partial charge in [0.2, 0.25) is 0 Å². The van der Waals surface area contributed by atoms with E-state index in [4.69, 9.17) is 28.9 Å². The van der Waals surface area contributed by atoms with Gasteiger partial charge in [0.15, 0.2) is 11.8 Å². The fourth-order valence-electron chi connectivity index (χ4n) is 7.22. The number of aliphatic imine (C=N–C) groups is 2. The predicted molar refractivity (Wildman–Crippen MR) is 190 cm³/mol. The molecule has 4 atom stereocenters. The van der Waals surface area contributed by atoms with Crippen LogP contribution in [-0.4, -0.2) is 51.3 Å². The van der Waals surface area contributed by atoms with E-state index in [0.717, 1.165) is 22.6 Å². The van der Waals surface area contributed by atoms with Crippen LogP contribution in [0.3, 0.4) is 0 Å². The highest BCUT2D eigenvalue weighted by atomic mass is 16.5. The Hall–Kier alpha value is -4.58. The summed E-state index contributed by atoms with van der Waals surface area (Å²) in [6, 6.07) is 29.8. The third-order valence-electron chi connectivity index (χ3n) is 9.30. The van der Waals surface area contributed by atoms with E-state index in [1.165, 1.54) is 33.4 Å². The average Bonchev–Trinajstić information content (AvgIpc) is 3.73. The molecule has 4 aromatic rings. The third kappa shape index (κ3) is 6.78. The van der Waals surface area contributed by atoms with Crippen LogP contribution in [0.25, 0.3) is 0 Å². The van der Waals surface area contributed by atoms with E-state index in [1.54, 1.807) is 14.2 Å². The number of hydrogen-bond donors (Lipinski definition) is 0. The first-order chi connectivity index (χ1) is 22.5. The van der Waals surface area contributed by atoms with Gasteiger partial charge in [-0.25, -0.2) is 9.98 Å². The highest BCUT2D eigenvalue weighted by Crippen LogP contribution is 2.40. The van der Waals surface area contributed by atoms with Gasteiger partial charge < -0.3 is 18.9 Å². The second-order valence-electron chi connectivity index (χ2n) is 13.6. The maximum absolute atomic E-state index is 6.45. The summed E-state index contributed by atoms with van der Waals surface area (Å²) in [6.07, 6.45) is 0. The molecule has 6 heteroatoms. The Morgan fingerprint density at radius 3 is 1.32 bits per heavy atom. The molecule has 2 aliphatic rings. The molecule has 0 unspecified atom stereocenters. The Kier molecular flexibility index (Phi) is 9.14. The van der Waals surface area contributed by atoms with Gasteiger partial charge in [-0.2, -0.15) is 0 Å². The highest BCUT2D eigenvalue weighted by Gasteiger charge is 2.44. The van der Waals surface area contributed by atoms with Crippen molar-refractivity contribution in [3.63, 3.8) is 0 Å². The molecule has 2 heterocycles. The van der Waals surface area contributed by atoms with Crippen molar-refractivity contribution in [2.45, 2.75) is 65.5 Å². The number of rotatable bonds is 10. The lowest BCUT2D eigenvalue weighted by Crippen LogP contribution is -2.34. The van der Waals surface area contributed by atoms with Crippen LogP contribution < -0.4 is 9.47 Å². The minimum atomic E-state index is -0.646. The summed E-state index contributed by atoms with van der Waals surface area (Å²) in [7, 11) is 3.41. The van der Waals surface area contributed by atoms with Crippen LogP contribution in [0, 0.1) is 33.1 Å². The van der Waals surface area contributed by atoms with E-state index in [1.807, 2.05) is 24.3 Å². The quantitative estimate of drug-likeness (QED) is 0.176. The first kappa shape index (κ1) is 32.4. The molecule has 4 aromatic carbocycles. The molecular formula is C41H46N2O4. The standard InChI is InChI=1S/C41H46N2O4/c1-25-15-26(2)18-31(17-25)37(29-11-9-13-33(21-29)44-7)35-23-46-39(42-35)41(5,6)40-43-36(24-47-40)38(30-12-10-14-34(22-30)45-8)32-19-27(3)16-28(4)20-32/h9-22,35-38H,23-24H2,1-8H3/t35-,36-,37-,38-/m1/s1. The Morgan fingerprint density at radius 1 is 0.574 bits per heavy atom. The van der Waals surface area contributed by atoms with E-state index >= 15 is 0 Å². The minimum Gasteiger partial charge on any atom is -0.497 e. The maximum Gasteiger partial charge on any atom is 0.199 e. The Balaban J connectivity index is 1.35. The third-order valence-corrected chi connectivity index (χ3v) is 9.30. The van der Waals surface area contributed by atoms with Crippen molar-refractivity contribution < 1.29 is 18.9 Å². The lowest BCUT2D eigenvalue weighted by molar-refractivity contribution is 0.258. The lowest BCUT2D eigenvalue weighted by Gasteiger charge is -2.23. The second-order valence-corrected chi connectivity index (χ2v) is 13.6. The van der Waals surface area contributed by atoms with Crippen molar-refractivity contribution >= 4 is 11.8 Å². The number of ether oxygens (including phenoxy) is 4. The maximum atomic E-state index is 6.45. The number of hydrogen-bond acceptors (Lipinski definition) is 6. The molecular weight excluding hydrogens is 584 g/mol. The molecule has 0 aromatic heterocycles. The van der Waals surface area contributed by atoms with Gasteiger partial charge in [-0.15, -0.1) is 0 Å². The molecule has 2 aliphatic heterocycles. The molecule has 0 spiro atoms. The SMILES string of the molecule is COc1cccc([C@H](c2cc(C)cc(C)c2)[C@H]2COC(C(C)(C)C3=N[C@@H]([C@@H](c4cc(C)cc(C)c4)c4cccc(OC)c4)CO3)=N2)c1. The van der Waals surface area contributed by atoms with Crippen LogP contribution in [0.2, 0.25) is 0 Å². The summed E-state index contributed by atoms with van der Waals surface area (Å²) < 4.78 is 24.1. The summed E-state index contributed by atoms with van der Waals surface area (Å²) in [5.74, 6) is 2.97. The van der Waals surface area contributed by atoms with Crippen molar-refractivity contribution in [2.24, 2.45) is 15.4 Å². The van der Waals surface area contributed by atoms with Crippen molar-refractivity contribution in [1.29, 1.82) is 0 Å². The van der Waals surface area contributed by atoms with Crippen molar-refractivity contribution in [3.05, 3.63) is 129 Å². The fraction of sp³-hybridized carbons (Fsp3) is 0.366. The molecule has 0 aliphatic carbocycles. The molecule has 0 N–H and O–H groups in total. The number of benzene rings is 4. The molecule has 0 radical (unpaired) electrons. The average molecular weight is 631 g/mol. The molecule has 6 rings (SSSR count). The molecule has 0 amide bonds. The van der Waals surface area contributed by atoms with Crippen LogP contribution in [0.1, 0.15) is 70.2 Å². The van der Waals surface area contributed by atoms with Crippen LogP contribution in [-0.2, 0) is 9.47 Å². The van der Waals surface area contributed by atoms with Gasteiger partial charge in [0.05, 0.1) is 26.3 Å². The molecule has 0 bridgehead atoms. The van der Waals surface area contributed by atoms with Gasteiger partial charge in [-0.1, -0.05) is 82.9 Å². The van der Waals surface area contributed by atoms with Crippen LogP contribution in [0.15, 0.2) is 94.9 Å².